The third-order valence-corrected chi connectivity index (χ3v) is 2.88. The third-order valence-electron chi connectivity index (χ3n) is 2.88. The normalized spacial score (nSPS) is 10.9. The highest BCUT2D eigenvalue weighted by atomic mass is 16.5. The molecule has 0 aliphatic heterocycles. The quantitative estimate of drug-likeness (QED) is 0.791. The molecule has 2 rings (SSSR count). The molecule has 2 aromatic heterocycles. The minimum atomic E-state index is -0.113. The van der Waals surface area contributed by atoms with Gasteiger partial charge in [-0.3, -0.25) is 4.79 Å². The summed E-state index contributed by atoms with van der Waals surface area (Å²) in [5, 5.41) is 10.5. The average Bonchev–Trinajstić information content (AvgIpc) is 2.75. The van der Waals surface area contributed by atoms with Gasteiger partial charge < -0.3 is 15.2 Å². The molecule has 6 nitrogen and oxygen atoms in total. The molecule has 2 heterocycles. The lowest BCUT2D eigenvalue weighted by Gasteiger charge is -2.06. The number of amides is 1. The number of hydrogen-bond acceptors (Lipinski definition) is 5. The van der Waals surface area contributed by atoms with Crippen LogP contribution in [0.4, 0.5) is 0 Å². The Hall–Kier alpha value is -1.95. The molecule has 0 saturated carbocycles. The Morgan fingerprint density at radius 2 is 2.16 bits per heavy atom. The van der Waals surface area contributed by atoms with Crippen LogP contribution in [0.2, 0.25) is 0 Å². The minimum absolute atomic E-state index is 0.113. The SMILES string of the molecule is CNCCCNC(=O)c1cc(C)nc2onc(C)c12. The van der Waals surface area contributed by atoms with Gasteiger partial charge in [0, 0.05) is 12.2 Å². The molecule has 1 amide bonds. The first-order chi connectivity index (χ1) is 9.13. The molecule has 2 aromatic rings. The van der Waals surface area contributed by atoms with E-state index in [1.54, 1.807) is 13.0 Å². The summed E-state index contributed by atoms with van der Waals surface area (Å²) in [7, 11) is 1.89. The van der Waals surface area contributed by atoms with E-state index in [4.69, 9.17) is 4.52 Å². The molecule has 19 heavy (non-hydrogen) atoms. The summed E-state index contributed by atoms with van der Waals surface area (Å²) in [6.07, 6.45) is 0.887. The van der Waals surface area contributed by atoms with Gasteiger partial charge in [-0.25, -0.2) is 4.98 Å². The topological polar surface area (TPSA) is 80.0 Å². The van der Waals surface area contributed by atoms with Crippen LogP contribution in [0, 0.1) is 13.8 Å². The molecule has 0 spiro atoms. The summed E-state index contributed by atoms with van der Waals surface area (Å²) in [4.78, 5) is 16.4. The van der Waals surface area contributed by atoms with Gasteiger partial charge in [-0.15, -0.1) is 0 Å². The maximum Gasteiger partial charge on any atom is 0.258 e. The van der Waals surface area contributed by atoms with Gasteiger partial charge >= 0.3 is 0 Å². The van der Waals surface area contributed by atoms with Crippen LogP contribution in [0.15, 0.2) is 10.6 Å². The number of nitrogens with one attached hydrogen (secondary N) is 2. The molecule has 0 radical (unpaired) electrons. The molecule has 0 saturated heterocycles. The first kappa shape index (κ1) is 13.5. The summed E-state index contributed by atoms with van der Waals surface area (Å²) in [5.41, 5.74) is 2.41. The monoisotopic (exact) mass is 262 g/mol. The summed E-state index contributed by atoms with van der Waals surface area (Å²) in [5.74, 6) is -0.113. The van der Waals surface area contributed by atoms with Crippen molar-refractivity contribution in [2.75, 3.05) is 20.1 Å². The number of hydrogen-bond donors (Lipinski definition) is 2. The zero-order chi connectivity index (χ0) is 13.8. The molecule has 0 bridgehead atoms. The average molecular weight is 262 g/mol. The van der Waals surface area contributed by atoms with Crippen molar-refractivity contribution in [2.24, 2.45) is 0 Å². The lowest BCUT2D eigenvalue weighted by atomic mass is 10.1. The van der Waals surface area contributed by atoms with Crippen molar-refractivity contribution in [3.63, 3.8) is 0 Å². The van der Waals surface area contributed by atoms with E-state index in [2.05, 4.69) is 20.8 Å². The lowest BCUT2D eigenvalue weighted by Crippen LogP contribution is -2.27. The third kappa shape index (κ3) is 2.90. The van der Waals surface area contributed by atoms with Crippen molar-refractivity contribution in [1.82, 2.24) is 20.8 Å². The lowest BCUT2D eigenvalue weighted by molar-refractivity contribution is 0.0954. The first-order valence-corrected chi connectivity index (χ1v) is 6.30. The van der Waals surface area contributed by atoms with Gasteiger partial charge in [0.1, 0.15) is 0 Å². The van der Waals surface area contributed by atoms with E-state index in [1.165, 1.54) is 0 Å². The fourth-order valence-electron chi connectivity index (χ4n) is 1.96. The maximum atomic E-state index is 12.2. The second-order valence-electron chi connectivity index (χ2n) is 4.47. The number of carbonyl (C=O) groups excluding carboxylic acids is 1. The largest absolute Gasteiger partial charge is 0.352 e. The van der Waals surface area contributed by atoms with Crippen LogP contribution in [-0.2, 0) is 0 Å². The van der Waals surface area contributed by atoms with Gasteiger partial charge in [0.2, 0.25) is 0 Å². The Morgan fingerprint density at radius 1 is 1.37 bits per heavy atom. The molecule has 0 atom stereocenters. The second-order valence-corrected chi connectivity index (χ2v) is 4.47. The predicted molar refractivity (Wildman–Crippen MR) is 72.2 cm³/mol. The molecule has 0 fully saturated rings. The van der Waals surface area contributed by atoms with Gasteiger partial charge in [-0.05, 0) is 39.9 Å². The van der Waals surface area contributed by atoms with Crippen molar-refractivity contribution >= 4 is 17.0 Å². The summed E-state index contributed by atoms with van der Waals surface area (Å²) in [6.45, 7) is 5.14. The Kier molecular flexibility index (Phi) is 4.11. The van der Waals surface area contributed by atoms with Crippen LogP contribution in [0.1, 0.15) is 28.2 Å². The van der Waals surface area contributed by atoms with Crippen molar-refractivity contribution in [2.45, 2.75) is 20.3 Å². The zero-order valence-electron chi connectivity index (χ0n) is 11.4. The van der Waals surface area contributed by atoms with E-state index >= 15 is 0 Å². The smallest absolute Gasteiger partial charge is 0.258 e. The Bertz CT molecular complexity index is 592. The molecular weight excluding hydrogens is 244 g/mol. The molecule has 0 aromatic carbocycles. The van der Waals surface area contributed by atoms with E-state index in [0.717, 1.165) is 18.7 Å². The van der Waals surface area contributed by atoms with Gasteiger partial charge in [-0.2, -0.15) is 0 Å². The minimum Gasteiger partial charge on any atom is -0.352 e. The highest BCUT2D eigenvalue weighted by Gasteiger charge is 2.17. The number of pyridine rings is 1. The van der Waals surface area contributed by atoms with Crippen molar-refractivity contribution in [3.8, 4) is 0 Å². The molecule has 102 valence electrons. The van der Waals surface area contributed by atoms with Crippen LogP contribution in [-0.4, -0.2) is 36.2 Å². The number of aromatic nitrogens is 2. The van der Waals surface area contributed by atoms with Crippen molar-refractivity contribution < 1.29 is 9.32 Å². The van der Waals surface area contributed by atoms with E-state index in [9.17, 15) is 4.79 Å². The molecule has 0 unspecified atom stereocenters. The fraction of sp³-hybridized carbons (Fsp3) is 0.462. The number of rotatable bonds is 5. The van der Waals surface area contributed by atoms with Crippen LogP contribution in [0.3, 0.4) is 0 Å². The Morgan fingerprint density at radius 3 is 2.89 bits per heavy atom. The molecule has 6 heteroatoms. The van der Waals surface area contributed by atoms with Crippen LogP contribution in [0.25, 0.3) is 11.1 Å². The summed E-state index contributed by atoms with van der Waals surface area (Å²) in [6, 6.07) is 1.76. The van der Waals surface area contributed by atoms with Gasteiger partial charge in [-0.1, -0.05) is 5.16 Å². The van der Waals surface area contributed by atoms with Gasteiger partial charge in [0.25, 0.3) is 11.6 Å². The highest BCUT2D eigenvalue weighted by molar-refractivity contribution is 6.05. The summed E-state index contributed by atoms with van der Waals surface area (Å²) < 4.78 is 5.11. The number of fused-ring (bicyclic) bond motifs is 1. The van der Waals surface area contributed by atoms with E-state index < -0.39 is 0 Å². The molecule has 0 aliphatic carbocycles. The maximum absolute atomic E-state index is 12.2. The van der Waals surface area contributed by atoms with E-state index in [-0.39, 0.29) is 5.91 Å². The van der Waals surface area contributed by atoms with Crippen molar-refractivity contribution in [3.05, 3.63) is 23.0 Å². The van der Waals surface area contributed by atoms with Gasteiger partial charge in [0.15, 0.2) is 0 Å². The Balaban J connectivity index is 2.23. The van der Waals surface area contributed by atoms with Gasteiger partial charge in [0.05, 0.1) is 16.6 Å². The number of aryl methyl sites for hydroxylation is 2. The number of carbonyl (C=O) groups is 1. The highest BCUT2D eigenvalue weighted by Crippen LogP contribution is 2.21. The first-order valence-electron chi connectivity index (χ1n) is 6.30. The Labute approximate surface area is 111 Å². The molecule has 0 aliphatic rings. The summed E-state index contributed by atoms with van der Waals surface area (Å²) >= 11 is 0. The second kappa shape index (κ2) is 5.79. The van der Waals surface area contributed by atoms with E-state index in [0.29, 0.717) is 28.9 Å². The number of nitrogens with zero attached hydrogens (tertiary/aromatic N) is 2. The van der Waals surface area contributed by atoms with Crippen LogP contribution in [0.5, 0.6) is 0 Å². The van der Waals surface area contributed by atoms with Crippen molar-refractivity contribution in [1.29, 1.82) is 0 Å². The predicted octanol–water partition coefficient (Wildman–Crippen LogP) is 1.18. The van der Waals surface area contributed by atoms with Crippen LogP contribution < -0.4 is 10.6 Å². The zero-order valence-corrected chi connectivity index (χ0v) is 11.4. The molecular formula is C13H18N4O2. The fourth-order valence-corrected chi connectivity index (χ4v) is 1.96. The molecule has 2 N–H and O–H groups in total. The van der Waals surface area contributed by atoms with E-state index in [1.807, 2.05) is 14.0 Å². The standard InChI is InChI=1S/C13H18N4O2/c1-8-7-10(12(18)15-6-4-5-14-3)11-9(2)17-19-13(11)16-8/h7,14H,4-6H2,1-3H3,(H,15,18). The van der Waals surface area contributed by atoms with Crippen LogP contribution >= 0.6 is 0 Å².